The molecule has 0 atom stereocenters. The van der Waals surface area contributed by atoms with Crippen LogP contribution in [0.3, 0.4) is 0 Å². The zero-order valence-corrected chi connectivity index (χ0v) is 19.6. The first-order chi connectivity index (χ1) is 14.9. The van der Waals surface area contributed by atoms with E-state index in [0.717, 1.165) is 37.0 Å². The second-order valence-electron chi connectivity index (χ2n) is 8.51. The Hall–Kier alpha value is -1.68. The molecule has 0 bridgehead atoms. The Balaban J connectivity index is 1.35. The second kappa shape index (κ2) is 11.3. The molecule has 1 heterocycles. The van der Waals surface area contributed by atoms with Gasteiger partial charge < -0.3 is 10.1 Å². The minimum atomic E-state index is -3.44. The zero-order chi connectivity index (χ0) is 22.3. The van der Waals surface area contributed by atoms with E-state index in [9.17, 15) is 13.2 Å². The number of piperazine rings is 1. The molecular formula is C22H36N4O4S. The lowest BCUT2D eigenvalue weighted by molar-refractivity contribution is -0.122. The summed E-state index contributed by atoms with van der Waals surface area (Å²) in [5, 5.41) is 2.87. The molecular weight excluding hydrogens is 416 g/mol. The maximum atomic E-state index is 13.0. The van der Waals surface area contributed by atoms with Gasteiger partial charge in [0.05, 0.1) is 13.1 Å². The molecule has 1 aliphatic carbocycles. The van der Waals surface area contributed by atoms with E-state index in [-0.39, 0.29) is 18.5 Å². The molecule has 0 unspecified atom stereocenters. The fraction of sp³-hybridized carbons (Fsp3) is 0.682. The molecule has 1 amide bonds. The van der Waals surface area contributed by atoms with Crippen LogP contribution < -0.4 is 10.1 Å². The monoisotopic (exact) mass is 452 g/mol. The standard InChI is InChI=1S/C22H36N4O4S/c1-19-7-6-10-21(17-19)30-16-11-23-22(27)18-25-12-14-26(15-13-25)31(28,29)24(2)20-8-4-3-5-9-20/h6-7,10,17,20H,3-5,8-9,11-16,18H2,1-2H3,(H,23,27). The van der Waals surface area contributed by atoms with Gasteiger partial charge in [0.1, 0.15) is 12.4 Å². The summed E-state index contributed by atoms with van der Waals surface area (Å²) in [5.41, 5.74) is 1.13. The maximum absolute atomic E-state index is 13.0. The lowest BCUT2D eigenvalue weighted by Crippen LogP contribution is -2.55. The van der Waals surface area contributed by atoms with E-state index in [1.165, 1.54) is 6.42 Å². The van der Waals surface area contributed by atoms with Gasteiger partial charge in [-0.05, 0) is 37.5 Å². The highest BCUT2D eigenvalue weighted by Gasteiger charge is 2.34. The third-order valence-corrected chi connectivity index (χ3v) is 8.20. The summed E-state index contributed by atoms with van der Waals surface area (Å²) in [6.45, 7) is 5.09. The molecule has 8 nitrogen and oxygen atoms in total. The summed E-state index contributed by atoms with van der Waals surface area (Å²) in [6.07, 6.45) is 5.29. The summed E-state index contributed by atoms with van der Waals surface area (Å²) in [6, 6.07) is 7.92. The Morgan fingerprint density at radius 3 is 2.55 bits per heavy atom. The van der Waals surface area contributed by atoms with Crippen LogP contribution >= 0.6 is 0 Å². The van der Waals surface area contributed by atoms with E-state index in [1.54, 1.807) is 15.7 Å². The van der Waals surface area contributed by atoms with Crippen molar-refractivity contribution in [1.29, 1.82) is 0 Å². The van der Waals surface area contributed by atoms with E-state index in [2.05, 4.69) is 5.32 Å². The highest BCUT2D eigenvalue weighted by atomic mass is 32.2. The van der Waals surface area contributed by atoms with Crippen LogP contribution in [-0.2, 0) is 15.0 Å². The van der Waals surface area contributed by atoms with E-state index in [4.69, 9.17) is 4.74 Å². The Kier molecular flexibility index (Phi) is 8.71. The first-order valence-corrected chi connectivity index (χ1v) is 12.7. The molecule has 1 aromatic carbocycles. The third kappa shape index (κ3) is 6.90. The number of carbonyl (C=O) groups excluding carboxylic acids is 1. The number of hydrogen-bond acceptors (Lipinski definition) is 5. The van der Waals surface area contributed by atoms with Crippen LogP contribution in [0.5, 0.6) is 5.75 Å². The van der Waals surface area contributed by atoms with Crippen LogP contribution in [0.15, 0.2) is 24.3 Å². The fourth-order valence-corrected chi connectivity index (χ4v) is 5.83. The van der Waals surface area contributed by atoms with Crippen molar-refractivity contribution in [3.05, 3.63) is 29.8 Å². The molecule has 2 fully saturated rings. The van der Waals surface area contributed by atoms with Crippen molar-refractivity contribution in [1.82, 2.24) is 18.8 Å². The average molecular weight is 453 g/mol. The molecule has 1 aromatic rings. The number of ether oxygens (including phenoxy) is 1. The lowest BCUT2D eigenvalue weighted by Gasteiger charge is -2.38. The topological polar surface area (TPSA) is 82.2 Å². The molecule has 3 rings (SSSR count). The molecule has 31 heavy (non-hydrogen) atoms. The molecule has 1 saturated carbocycles. The summed E-state index contributed by atoms with van der Waals surface area (Å²) < 4.78 is 34.7. The minimum absolute atomic E-state index is 0.0662. The molecule has 1 N–H and O–H groups in total. The SMILES string of the molecule is Cc1cccc(OCCNC(=O)CN2CCN(S(=O)(=O)N(C)C3CCCCC3)CC2)c1. The molecule has 174 valence electrons. The van der Waals surface area contributed by atoms with Crippen molar-refractivity contribution >= 4 is 16.1 Å². The number of benzene rings is 1. The molecule has 9 heteroatoms. The summed E-state index contributed by atoms with van der Waals surface area (Å²) in [5.74, 6) is 0.730. The van der Waals surface area contributed by atoms with Gasteiger partial charge in [0.2, 0.25) is 5.91 Å². The number of nitrogens with one attached hydrogen (secondary N) is 1. The Bertz CT molecular complexity index is 819. The van der Waals surface area contributed by atoms with E-state index in [1.807, 2.05) is 36.1 Å². The normalized spacial score (nSPS) is 19.5. The Labute approximate surface area is 186 Å². The van der Waals surface area contributed by atoms with Crippen molar-refractivity contribution in [3.8, 4) is 5.75 Å². The van der Waals surface area contributed by atoms with Crippen LogP contribution in [0.1, 0.15) is 37.7 Å². The van der Waals surface area contributed by atoms with Gasteiger partial charge in [0.15, 0.2) is 0 Å². The molecule has 1 aliphatic heterocycles. The van der Waals surface area contributed by atoms with E-state index in [0.29, 0.717) is 39.3 Å². The van der Waals surface area contributed by atoms with Gasteiger partial charge in [-0.1, -0.05) is 31.4 Å². The van der Waals surface area contributed by atoms with Crippen molar-refractivity contribution < 1.29 is 17.9 Å². The van der Waals surface area contributed by atoms with E-state index < -0.39 is 10.2 Å². The zero-order valence-electron chi connectivity index (χ0n) is 18.8. The van der Waals surface area contributed by atoms with Crippen LogP contribution in [-0.4, -0.2) is 86.8 Å². The Morgan fingerprint density at radius 1 is 1.16 bits per heavy atom. The minimum Gasteiger partial charge on any atom is -0.492 e. The molecule has 1 saturated heterocycles. The van der Waals surface area contributed by atoms with Crippen LogP contribution in [0.4, 0.5) is 0 Å². The maximum Gasteiger partial charge on any atom is 0.282 e. The number of carbonyl (C=O) groups is 1. The molecule has 0 spiro atoms. The highest BCUT2D eigenvalue weighted by molar-refractivity contribution is 7.86. The van der Waals surface area contributed by atoms with Crippen molar-refractivity contribution in [2.75, 3.05) is 52.9 Å². The van der Waals surface area contributed by atoms with E-state index >= 15 is 0 Å². The highest BCUT2D eigenvalue weighted by Crippen LogP contribution is 2.25. The van der Waals surface area contributed by atoms with Crippen LogP contribution in [0.25, 0.3) is 0 Å². The first kappa shape index (κ1) is 24.0. The van der Waals surface area contributed by atoms with Crippen molar-refractivity contribution in [2.45, 2.75) is 45.1 Å². The number of aryl methyl sites for hydroxylation is 1. The van der Waals surface area contributed by atoms with Gasteiger partial charge in [0.25, 0.3) is 10.2 Å². The number of amides is 1. The molecule has 2 aliphatic rings. The molecule has 0 aromatic heterocycles. The predicted molar refractivity (Wildman–Crippen MR) is 121 cm³/mol. The first-order valence-electron chi connectivity index (χ1n) is 11.3. The Morgan fingerprint density at radius 2 is 1.87 bits per heavy atom. The largest absolute Gasteiger partial charge is 0.492 e. The summed E-state index contributed by atoms with van der Waals surface area (Å²) >= 11 is 0. The summed E-state index contributed by atoms with van der Waals surface area (Å²) in [7, 11) is -1.73. The predicted octanol–water partition coefficient (Wildman–Crippen LogP) is 1.62. The van der Waals surface area contributed by atoms with Gasteiger partial charge in [0, 0.05) is 39.3 Å². The average Bonchev–Trinajstić information content (AvgIpc) is 2.77. The van der Waals surface area contributed by atoms with Gasteiger partial charge in [-0.15, -0.1) is 0 Å². The van der Waals surface area contributed by atoms with Crippen LogP contribution in [0, 0.1) is 6.92 Å². The lowest BCUT2D eigenvalue weighted by atomic mass is 9.96. The third-order valence-electron chi connectivity index (χ3n) is 6.16. The number of hydrogen-bond donors (Lipinski definition) is 1. The number of rotatable bonds is 9. The van der Waals surface area contributed by atoms with Gasteiger partial charge in [-0.2, -0.15) is 17.0 Å². The van der Waals surface area contributed by atoms with Gasteiger partial charge >= 0.3 is 0 Å². The van der Waals surface area contributed by atoms with Gasteiger partial charge in [-0.3, -0.25) is 9.69 Å². The fourth-order valence-electron chi connectivity index (χ4n) is 4.26. The number of nitrogens with zero attached hydrogens (tertiary/aromatic N) is 3. The van der Waals surface area contributed by atoms with Crippen LogP contribution in [0.2, 0.25) is 0 Å². The van der Waals surface area contributed by atoms with Crippen molar-refractivity contribution in [2.24, 2.45) is 0 Å². The second-order valence-corrected chi connectivity index (χ2v) is 10.5. The smallest absolute Gasteiger partial charge is 0.282 e. The van der Waals surface area contributed by atoms with Crippen molar-refractivity contribution in [3.63, 3.8) is 0 Å². The quantitative estimate of drug-likeness (QED) is 0.576. The van der Waals surface area contributed by atoms with Gasteiger partial charge in [-0.25, -0.2) is 0 Å². The molecule has 0 radical (unpaired) electrons. The summed E-state index contributed by atoms with van der Waals surface area (Å²) in [4.78, 5) is 14.2.